The highest BCUT2D eigenvalue weighted by Gasteiger charge is 2.48. The molecule has 0 aliphatic carbocycles. The summed E-state index contributed by atoms with van der Waals surface area (Å²) in [5.41, 5.74) is -11.1. The molecule has 650 valence electrons. The van der Waals surface area contributed by atoms with Crippen molar-refractivity contribution in [3.05, 3.63) is 0 Å². The number of nitrogens with zero attached hydrogens (tertiary/aromatic N) is 5. The third kappa shape index (κ3) is 28.1. The molecule has 115 heavy (non-hydrogen) atoms. The summed E-state index contributed by atoms with van der Waals surface area (Å²) in [5, 5.41) is 35.6. The molecule has 13 N–H and O–H groups in total. The first-order valence-electron chi connectivity index (χ1n) is 41.5. The molecule has 1 unspecified atom stereocenters. The Morgan fingerprint density at radius 3 is 1.27 bits per heavy atom. The maximum Gasteiger partial charge on any atom is 0.248 e. The quantitative estimate of drug-likeness (QED) is 0.0416. The molecule has 0 radical (unpaired) electrons. The van der Waals surface area contributed by atoms with Gasteiger partial charge in [0.05, 0.1) is 12.7 Å². The summed E-state index contributed by atoms with van der Waals surface area (Å²) < 4.78 is 0. The zero-order chi connectivity index (χ0) is 86.8. The third-order valence-electron chi connectivity index (χ3n) is 22.0. The molecule has 8 atom stereocenters. The van der Waals surface area contributed by atoms with Gasteiger partial charge >= 0.3 is 0 Å². The molecule has 5 aliphatic rings. The van der Waals surface area contributed by atoms with Gasteiger partial charge in [0, 0.05) is 65.2 Å². The van der Waals surface area contributed by atoms with Crippen LogP contribution in [0.5, 0.6) is 0 Å². The monoisotopic (exact) mass is 1620 g/mol. The summed E-state index contributed by atoms with van der Waals surface area (Å²) in [5.74, 6) is -9.80. The lowest BCUT2D eigenvalue weighted by Crippen LogP contribution is -2.67. The lowest BCUT2D eigenvalue weighted by atomic mass is 9.93. The van der Waals surface area contributed by atoms with Gasteiger partial charge in [-0.2, -0.15) is 0 Å². The van der Waals surface area contributed by atoms with Crippen LogP contribution in [-0.2, 0) is 76.7 Å². The van der Waals surface area contributed by atoms with Crippen LogP contribution in [0.2, 0.25) is 0 Å². The second kappa shape index (κ2) is 41.0. The predicted molar refractivity (Wildman–Crippen MR) is 432 cm³/mol. The average Bonchev–Trinajstić information content (AvgIpc) is 1.36. The molecule has 5 rings (SSSR count). The first kappa shape index (κ1) is 97.0. The van der Waals surface area contributed by atoms with Gasteiger partial charge in [0.1, 0.15) is 75.0 Å². The number of piperidine rings is 3. The van der Waals surface area contributed by atoms with Gasteiger partial charge in [-0.3, -0.25) is 86.5 Å². The highest BCUT2D eigenvalue weighted by molar-refractivity contribution is 6.03. The molecule has 5 saturated heterocycles. The van der Waals surface area contributed by atoms with E-state index in [0.717, 1.165) is 58.2 Å². The van der Waals surface area contributed by atoms with Gasteiger partial charge < -0.3 is 83.8 Å². The largest absolute Gasteiger partial charge is 0.354 e. The van der Waals surface area contributed by atoms with Crippen molar-refractivity contribution in [2.75, 3.05) is 58.9 Å². The Hall–Kier alpha value is -8.56. The predicted octanol–water partition coefficient (Wildman–Crippen LogP) is 1.26. The fraction of sp³-hybridized carbons (Fsp3) is 0.802. The van der Waals surface area contributed by atoms with Gasteiger partial charge in [-0.25, -0.2) is 0 Å². The number of carbonyl (C=O) groups is 16. The van der Waals surface area contributed by atoms with Crippen LogP contribution in [0.25, 0.3) is 0 Å². The summed E-state index contributed by atoms with van der Waals surface area (Å²) in [6, 6.07) is -6.40. The Morgan fingerprint density at radius 2 is 0.765 bits per heavy atom. The van der Waals surface area contributed by atoms with Crippen LogP contribution in [0.15, 0.2) is 0 Å². The SMILES string of the molecule is CC(=O)N1CCCC[C@@H]1C(=O)NC(C)(C)C(=O)N1CCCC[C@H]1C(=O)NC(C)(C)C(=O)NC(C)(C)C(=O)N[C@@H](CC(C)C)C(=O)NCCC(=O)NCC(=O)NC(C)(C)C(=O)NC(C)(C)C(=O)N1CCCC[C@H]1C(=O)NC(C)(C)C(=O)N[C@H](C)C(=O)N[C@H](CC(C)C)C(=O)NC(C)(C)C(=O)N[C@H](CC(C)C)CN1CCCN2CCCC21. The van der Waals surface area contributed by atoms with Gasteiger partial charge in [0.2, 0.25) is 94.5 Å². The number of rotatable bonds is 37. The molecule has 5 heterocycles. The van der Waals surface area contributed by atoms with Crippen molar-refractivity contribution in [3.8, 4) is 0 Å². The standard InChI is InChI=1S/C81H140N18O16/c1-48(2)43-53(47-96-39-30-38-95-37-29-34-61(95)96)85-69(110)76(11,12)89-64(105)55(45-50(5)6)86-62(103)51(7)84-68(109)75(9,10)90-66(107)57-32-25-28-42-99(57)74(115)81(21,22)94-71(112)78(15,16)88-60(102)46-83-59(101)35-36-82-63(104)54(44-49(3)4)87-70(111)77(13,14)93-72(113)79(17,18)91-67(108)58-33-24-27-41-98(58)73(114)80(19,20)92-65(106)56-31-23-26-40-97(56)52(8)100/h48-51,53-58,61H,23-47H2,1-22H3,(H,82,104)(H,83,101)(H,84,109)(H,85,110)(H,86,103)(H,87,111)(H,88,102)(H,89,105)(H,90,107)(H,91,108)(H,92,106)(H,93,113)(H,94,112)/t51-,53-,54+,55-,56-,57+,58+,61?/m1/s1. The Morgan fingerprint density at radius 1 is 0.357 bits per heavy atom. The van der Waals surface area contributed by atoms with Crippen molar-refractivity contribution >= 4 is 94.5 Å². The molecule has 0 saturated carbocycles. The Bertz CT molecular complexity index is 3530. The van der Waals surface area contributed by atoms with E-state index in [1.807, 2.05) is 27.7 Å². The van der Waals surface area contributed by atoms with E-state index in [0.29, 0.717) is 57.3 Å². The fourth-order valence-electron chi connectivity index (χ4n) is 15.3. The number of likely N-dealkylation sites (tertiary alicyclic amines) is 3. The van der Waals surface area contributed by atoms with Gasteiger partial charge in [0.25, 0.3) is 0 Å². The number of amides is 16. The van der Waals surface area contributed by atoms with E-state index in [4.69, 9.17) is 0 Å². The van der Waals surface area contributed by atoms with Gasteiger partial charge in [-0.15, -0.1) is 0 Å². The highest BCUT2D eigenvalue weighted by Crippen LogP contribution is 2.29. The number of nitrogens with one attached hydrogen (secondary N) is 13. The van der Waals surface area contributed by atoms with Crippen molar-refractivity contribution in [3.63, 3.8) is 0 Å². The van der Waals surface area contributed by atoms with Crippen LogP contribution in [0.1, 0.15) is 255 Å². The van der Waals surface area contributed by atoms with Crippen LogP contribution in [0.4, 0.5) is 0 Å². The molecular formula is C81H140N18O16. The minimum atomic E-state index is -1.67. The van der Waals surface area contributed by atoms with Crippen LogP contribution in [0, 0.1) is 17.8 Å². The van der Waals surface area contributed by atoms with Crippen molar-refractivity contribution in [1.82, 2.24) is 93.6 Å². The first-order valence-corrected chi connectivity index (χ1v) is 41.5. The fourth-order valence-corrected chi connectivity index (χ4v) is 15.3. The molecule has 0 bridgehead atoms. The summed E-state index contributed by atoms with van der Waals surface area (Å²) in [6.07, 6.45) is 9.14. The Labute approximate surface area is 680 Å². The minimum absolute atomic E-state index is 0.0666. The summed E-state index contributed by atoms with van der Waals surface area (Å²) in [4.78, 5) is 230. The Kier molecular flexibility index (Phi) is 34.6. The molecule has 5 aliphatic heterocycles. The lowest BCUT2D eigenvalue weighted by molar-refractivity contribution is -0.150. The number of hydrogen-bond acceptors (Lipinski definition) is 18. The van der Waals surface area contributed by atoms with Gasteiger partial charge in [0.15, 0.2) is 0 Å². The summed E-state index contributed by atoms with van der Waals surface area (Å²) in [7, 11) is 0. The Balaban J connectivity index is 1.07. The van der Waals surface area contributed by atoms with E-state index >= 15 is 0 Å². The van der Waals surface area contributed by atoms with Crippen LogP contribution in [-0.4, -0.2) is 265 Å². The van der Waals surface area contributed by atoms with Crippen molar-refractivity contribution < 1.29 is 76.7 Å². The van der Waals surface area contributed by atoms with Crippen LogP contribution < -0.4 is 69.1 Å². The van der Waals surface area contributed by atoms with Gasteiger partial charge in [-0.05, 0) is 224 Å². The second-order valence-electron chi connectivity index (χ2n) is 37.2. The third-order valence-corrected chi connectivity index (χ3v) is 22.0. The molecular weight excluding hydrogens is 1480 g/mol. The average molecular weight is 1620 g/mol. The molecule has 0 aromatic carbocycles. The zero-order valence-electron chi connectivity index (χ0n) is 72.8. The molecule has 0 aromatic heterocycles. The number of carbonyl (C=O) groups excluding carboxylic acids is 16. The second-order valence-corrected chi connectivity index (χ2v) is 37.2. The highest BCUT2D eigenvalue weighted by atomic mass is 16.2. The zero-order valence-corrected chi connectivity index (χ0v) is 72.8. The van der Waals surface area contributed by atoms with Gasteiger partial charge in [-0.1, -0.05) is 41.5 Å². The van der Waals surface area contributed by atoms with Crippen LogP contribution in [0.3, 0.4) is 0 Å². The smallest absolute Gasteiger partial charge is 0.248 e. The van der Waals surface area contributed by atoms with E-state index in [1.54, 1.807) is 27.7 Å². The van der Waals surface area contributed by atoms with E-state index in [-0.39, 0.29) is 81.4 Å². The summed E-state index contributed by atoms with van der Waals surface area (Å²) in [6.45, 7) is 38.8. The molecule has 34 heteroatoms. The molecule has 0 aromatic rings. The van der Waals surface area contributed by atoms with E-state index in [9.17, 15) is 76.7 Å². The van der Waals surface area contributed by atoms with Crippen molar-refractivity contribution in [2.45, 2.75) is 342 Å². The maximum atomic E-state index is 14.5. The van der Waals surface area contributed by atoms with Crippen molar-refractivity contribution in [1.29, 1.82) is 0 Å². The molecule has 5 fully saturated rings. The first-order chi connectivity index (χ1) is 53.1. The normalized spacial score (nSPS) is 19.9. The topological polar surface area (TPSA) is 446 Å². The lowest BCUT2D eigenvalue weighted by Gasteiger charge is -2.42. The molecule has 34 nitrogen and oxygen atoms in total. The number of fused-ring (bicyclic) bond motifs is 1. The summed E-state index contributed by atoms with van der Waals surface area (Å²) >= 11 is 0. The molecule has 16 amide bonds. The van der Waals surface area contributed by atoms with E-state index < -0.39 is 164 Å². The van der Waals surface area contributed by atoms with E-state index in [2.05, 4.69) is 92.8 Å². The molecule has 0 spiro atoms. The van der Waals surface area contributed by atoms with Crippen molar-refractivity contribution in [2.24, 2.45) is 17.8 Å². The van der Waals surface area contributed by atoms with E-state index in [1.165, 1.54) is 97.8 Å². The minimum Gasteiger partial charge on any atom is -0.354 e. The maximum absolute atomic E-state index is 14.5. The number of hydrogen-bond donors (Lipinski definition) is 13. The van der Waals surface area contributed by atoms with Crippen LogP contribution >= 0.6 is 0 Å².